The van der Waals surface area contributed by atoms with Crippen molar-refractivity contribution in [1.29, 1.82) is 0 Å². The minimum absolute atomic E-state index is 0.692. The number of benzene rings is 1. The van der Waals surface area contributed by atoms with E-state index in [-0.39, 0.29) is 0 Å². The van der Waals surface area contributed by atoms with Gasteiger partial charge in [-0.05, 0) is 38.8 Å². The Kier molecular flexibility index (Phi) is 9.87. The van der Waals surface area contributed by atoms with Crippen LogP contribution in [0, 0.1) is 6.92 Å². The van der Waals surface area contributed by atoms with E-state index in [0.717, 1.165) is 50.9 Å². The third-order valence-electron chi connectivity index (χ3n) is 3.09. The monoisotopic (exact) mass is 307 g/mol. The topological polar surface area (TPSA) is 54.9 Å². The van der Waals surface area contributed by atoms with Crippen LogP contribution in [0.2, 0.25) is 0 Å². The molecule has 1 aromatic rings. The summed E-state index contributed by atoms with van der Waals surface area (Å²) in [7, 11) is 1.78. The number of hydrogen-bond donors (Lipinski definition) is 2. The van der Waals surface area contributed by atoms with Crippen molar-refractivity contribution in [1.82, 2.24) is 10.6 Å². The van der Waals surface area contributed by atoms with Gasteiger partial charge in [0.25, 0.3) is 0 Å². The van der Waals surface area contributed by atoms with E-state index in [0.29, 0.717) is 6.61 Å². The molecule has 0 spiro atoms. The Labute approximate surface area is 134 Å². The zero-order chi connectivity index (χ0) is 16.0. The Morgan fingerprint density at radius 3 is 2.27 bits per heavy atom. The van der Waals surface area contributed by atoms with E-state index in [1.807, 2.05) is 19.1 Å². The lowest BCUT2D eigenvalue weighted by atomic mass is 10.2. The van der Waals surface area contributed by atoms with Crippen molar-refractivity contribution < 1.29 is 9.47 Å². The first-order valence-corrected chi connectivity index (χ1v) is 7.98. The van der Waals surface area contributed by atoms with Gasteiger partial charge < -0.3 is 20.1 Å². The summed E-state index contributed by atoms with van der Waals surface area (Å²) in [4.78, 5) is 4.18. The van der Waals surface area contributed by atoms with Gasteiger partial charge in [-0.1, -0.05) is 17.7 Å². The van der Waals surface area contributed by atoms with Crippen molar-refractivity contribution >= 4 is 5.96 Å². The molecule has 0 aliphatic rings. The predicted molar refractivity (Wildman–Crippen MR) is 91.8 cm³/mol. The largest absolute Gasteiger partial charge is 0.494 e. The molecule has 0 fully saturated rings. The second kappa shape index (κ2) is 11.9. The lowest BCUT2D eigenvalue weighted by molar-refractivity contribution is 0.145. The van der Waals surface area contributed by atoms with Crippen LogP contribution in [0.5, 0.6) is 5.75 Å². The Hall–Kier alpha value is -1.75. The van der Waals surface area contributed by atoms with Crippen molar-refractivity contribution in [2.45, 2.75) is 26.7 Å². The summed E-state index contributed by atoms with van der Waals surface area (Å²) in [5, 5.41) is 6.53. The molecule has 124 valence electrons. The minimum Gasteiger partial charge on any atom is -0.494 e. The maximum Gasteiger partial charge on any atom is 0.190 e. The highest BCUT2D eigenvalue weighted by Crippen LogP contribution is 2.11. The van der Waals surface area contributed by atoms with Crippen molar-refractivity contribution in [3.63, 3.8) is 0 Å². The maximum absolute atomic E-state index is 5.69. The minimum atomic E-state index is 0.692. The molecular formula is C17H29N3O2. The lowest BCUT2D eigenvalue weighted by Gasteiger charge is -2.12. The smallest absolute Gasteiger partial charge is 0.190 e. The van der Waals surface area contributed by atoms with E-state index in [2.05, 4.69) is 34.7 Å². The molecule has 5 nitrogen and oxygen atoms in total. The predicted octanol–water partition coefficient (Wildman–Crippen LogP) is 2.36. The summed E-state index contributed by atoms with van der Waals surface area (Å²) in [6.45, 7) is 8.01. The molecule has 0 heterocycles. The highest BCUT2D eigenvalue weighted by atomic mass is 16.5. The maximum atomic E-state index is 5.69. The summed E-state index contributed by atoms with van der Waals surface area (Å²) >= 11 is 0. The van der Waals surface area contributed by atoms with Gasteiger partial charge in [0.05, 0.1) is 6.61 Å². The van der Waals surface area contributed by atoms with Crippen LogP contribution in [0.1, 0.15) is 25.3 Å². The van der Waals surface area contributed by atoms with E-state index < -0.39 is 0 Å². The van der Waals surface area contributed by atoms with Gasteiger partial charge in [0.1, 0.15) is 5.75 Å². The molecular weight excluding hydrogens is 278 g/mol. The van der Waals surface area contributed by atoms with Gasteiger partial charge in [0.2, 0.25) is 0 Å². The van der Waals surface area contributed by atoms with Crippen LogP contribution < -0.4 is 15.4 Å². The number of hydrogen-bond acceptors (Lipinski definition) is 3. The Morgan fingerprint density at radius 1 is 1.05 bits per heavy atom. The average molecular weight is 307 g/mol. The van der Waals surface area contributed by atoms with E-state index in [4.69, 9.17) is 9.47 Å². The second-order valence-corrected chi connectivity index (χ2v) is 4.99. The van der Waals surface area contributed by atoms with Gasteiger partial charge in [-0.15, -0.1) is 0 Å². The van der Waals surface area contributed by atoms with Crippen molar-refractivity contribution in [2.24, 2.45) is 4.99 Å². The summed E-state index contributed by atoms with van der Waals surface area (Å²) in [5.41, 5.74) is 1.24. The van der Waals surface area contributed by atoms with Gasteiger partial charge in [0.15, 0.2) is 5.96 Å². The summed E-state index contributed by atoms with van der Waals surface area (Å²) in [5.74, 6) is 1.75. The number of ether oxygens (including phenoxy) is 2. The molecule has 0 amide bonds. The first-order chi connectivity index (χ1) is 10.8. The van der Waals surface area contributed by atoms with Crippen LogP contribution in [0.4, 0.5) is 0 Å². The van der Waals surface area contributed by atoms with E-state index in [9.17, 15) is 0 Å². The van der Waals surface area contributed by atoms with Crippen molar-refractivity contribution in [3.05, 3.63) is 29.8 Å². The number of nitrogens with zero attached hydrogens (tertiary/aromatic N) is 1. The average Bonchev–Trinajstić information content (AvgIpc) is 2.54. The van der Waals surface area contributed by atoms with Crippen molar-refractivity contribution in [3.8, 4) is 5.75 Å². The molecule has 0 saturated carbocycles. The molecule has 0 unspecified atom stereocenters. The normalized spacial score (nSPS) is 11.3. The third-order valence-corrected chi connectivity index (χ3v) is 3.09. The Bertz CT molecular complexity index is 418. The van der Waals surface area contributed by atoms with Crippen LogP contribution in [0.15, 0.2) is 29.3 Å². The second-order valence-electron chi connectivity index (χ2n) is 4.99. The first-order valence-electron chi connectivity index (χ1n) is 7.98. The molecule has 0 bridgehead atoms. The highest BCUT2D eigenvalue weighted by molar-refractivity contribution is 5.79. The van der Waals surface area contributed by atoms with Gasteiger partial charge in [0, 0.05) is 33.4 Å². The molecule has 0 radical (unpaired) electrons. The van der Waals surface area contributed by atoms with Crippen molar-refractivity contribution in [2.75, 3.05) is 40.0 Å². The summed E-state index contributed by atoms with van der Waals surface area (Å²) in [6.07, 6.45) is 1.90. The zero-order valence-electron chi connectivity index (χ0n) is 14.0. The van der Waals surface area contributed by atoms with Gasteiger partial charge in [-0.3, -0.25) is 4.99 Å². The molecule has 0 aliphatic heterocycles. The molecule has 5 heteroatoms. The first kappa shape index (κ1) is 18.3. The Balaban J connectivity index is 2.05. The van der Waals surface area contributed by atoms with Gasteiger partial charge in [-0.25, -0.2) is 0 Å². The van der Waals surface area contributed by atoms with E-state index in [1.165, 1.54) is 5.56 Å². The fourth-order valence-corrected chi connectivity index (χ4v) is 1.85. The standard InChI is InChI=1S/C17H29N3O2/c1-4-21-13-5-11-19-17(18-3)20-12-6-14-22-16-9-7-15(2)8-10-16/h7-10H,4-6,11-14H2,1-3H3,(H2,18,19,20). The molecule has 1 aromatic carbocycles. The number of aliphatic imine (C=N–C) groups is 1. The molecule has 0 atom stereocenters. The molecule has 1 rings (SSSR count). The van der Waals surface area contributed by atoms with Crippen LogP contribution in [-0.4, -0.2) is 45.9 Å². The molecule has 0 saturated heterocycles. The van der Waals surface area contributed by atoms with Crippen LogP contribution in [0.25, 0.3) is 0 Å². The van der Waals surface area contributed by atoms with E-state index >= 15 is 0 Å². The fraction of sp³-hybridized carbons (Fsp3) is 0.588. The molecule has 0 aromatic heterocycles. The zero-order valence-corrected chi connectivity index (χ0v) is 14.0. The highest BCUT2D eigenvalue weighted by Gasteiger charge is 1.97. The summed E-state index contributed by atoms with van der Waals surface area (Å²) in [6, 6.07) is 8.12. The van der Waals surface area contributed by atoms with Crippen LogP contribution in [0.3, 0.4) is 0 Å². The summed E-state index contributed by atoms with van der Waals surface area (Å²) < 4.78 is 11.0. The van der Waals surface area contributed by atoms with Crippen LogP contribution in [-0.2, 0) is 4.74 Å². The Morgan fingerprint density at radius 2 is 1.68 bits per heavy atom. The van der Waals surface area contributed by atoms with E-state index in [1.54, 1.807) is 7.05 Å². The third kappa shape index (κ3) is 8.52. The lowest BCUT2D eigenvalue weighted by Crippen LogP contribution is -2.38. The SMILES string of the molecule is CCOCCCNC(=NC)NCCCOc1ccc(C)cc1. The molecule has 2 N–H and O–H groups in total. The number of rotatable bonds is 10. The van der Waals surface area contributed by atoms with Gasteiger partial charge >= 0.3 is 0 Å². The molecule has 22 heavy (non-hydrogen) atoms. The fourth-order valence-electron chi connectivity index (χ4n) is 1.85. The van der Waals surface area contributed by atoms with Crippen LogP contribution >= 0.6 is 0 Å². The molecule has 0 aliphatic carbocycles. The number of nitrogens with one attached hydrogen (secondary N) is 2. The quantitative estimate of drug-likeness (QED) is 0.396. The number of guanidine groups is 1. The van der Waals surface area contributed by atoms with Gasteiger partial charge in [-0.2, -0.15) is 0 Å². The number of aryl methyl sites for hydroxylation is 1.